The van der Waals surface area contributed by atoms with Crippen molar-refractivity contribution >= 4 is 40.2 Å². The van der Waals surface area contributed by atoms with E-state index in [4.69, 9.17) is 11.6 Å². The highest BCUT2D eigenvalue weighted by molar-refractivity contribution is 6.33. The summed E-state index contributed by atoms with van der Waals surface area (Å²) >= 11 is 6.64. The summed E-state index contributed by atoms with van der Waals surface area (Å²) in [5.74, 6) is -0.943. The molecule has 26 heavy (non-hydrogen) atoms. The van der Waals surface area contributed by atoms with Gasteiger partial charge >= 0.3 is 5.97 Å². The molecule has 0 spiro atoms. The van der Waals surface area contributed by atoms with Crippen molar-refractivity contribution in [3.63, 3.8) is 0 Å². The Hall–Kier alpha value is -2.72. The van der Waals surface area contributed by atoms with Crippen LogP contribution in [0.2, 0.25) is 5.15 Å². The Morgan fingerprint density at radius 2 is 1.81 bits per heavy atom. The highest BCUT2D eigenvalue weighted by Crippen LogP contribution is 2.32. The number of hydrogen-bond donors (Lipinski definition) is 1. The molecule has 0 aliphatic carbocycles. The summed E-state index contributed by atoms with van der Waals surface area (Å²) in [5, 5.41) is 10.7. The smallest absolute Gasteiger partial charge is 0.331 e. The Labute approximate surface area is 157 Å². The van der Waals surface area contributed by atoms with Crippen LogP contribution in [0.1, 0.15) is 12.5 Å². The van der Waals surface area contributed by atoms with Gasteiger partial charge in [-0.25, -0.2) is 4.79 Å². The van der Waals surface area contributed by atoms with Crippen LogP contribution in [0.3, 0.4) is 0 Å². The number of carbonyl (C=O) groups is 1. The van der Waals surface area contributed by atoms with E-state index < -0.39 is 5.97 Å². The van der Waals surface area contributed by atoms with Crippen molar-refractivity contribution in [2.24, 2.45) is 0 Å². The maximum Gasteiger partial charge on any atom is 0.331 e. The number of halogens is 1. The van der Waals surface area contributed by atoms with Crippen LogP contribution in [-0.2, 0) is 11.3 Å². The van der Waals surface area contributed by atoms with Gasteiger partial charge in [-0.1, -0.05) is 48.0 Å². The molecule has 0 bridgehead atoms. The molecule has 0 atom stereocenters. The van der Waals surface area contributed by atoms with E-state index in [2.05, 4.69) is 17.0 Å². The number of aliphatic carboxylic acids is 1. The highest BCUT2D eigenvalue weighted by Gasteiger charge is 2.15. The van der Waals surface area contributed by atoms with Crippen LogP contribution >= 0.6 is 11.6 Å². The van der Waals surface area contributed by atoms with Crippen LogP contribution in [0.5, 0.6) is 0 Å². The first kappa shape index (κ1) is 18.1. The van der Waals surface area contributed by atoms with E-state index in [1.807, 2.05) is 54.1 Å². The van der Waals surface area contributed by atoms with Crippen molar-refractivity contribution in [2.75, 3.05) is 18.5 Å². The van der Waals surface area contributed by atoms with Gasteiger partial charge in [-0.3, -0.25) is 0 Å². The van der Waals surface area contributed by atoms with Gasteiger partial charge in [-0.15, -0.1) is 0 Å². The molecule has 134 valence electrons. The van der Waals surface area contributed by atoms with Crippen molar-refractivity contribution < 1.29 is 9.90 Å². The third kappa shape index (κ3) is 3.60. The number of nitrogens with zero attached hydrogens (tertiary/aromatic N) is 2. The number of likely N-dealkylation sites (N-methyl/N-ethyl adjacent to an activating group) is 1. The van der Waals surface area contributed by atoms with Crippen LogP contribution in [0.25, 0.3) is 17.0 Å². The molecule has 0 unspecified atom stereocenters. The summed E-state index contributed by atoms with van der Waals surface area (Å²) in [7, 11) is 2.05. The number of benzene rings is 2. The molecule has 0 saturated heterocycles. The standard InChI is InChI=1S/C21H21ClN2O2/c1-15(21(25)26)14-18-17-10-6-7-11-19(17)24(20(18)22)13-12-23(2)16-8-4-3-5-9-16/h3-11,14H,12-13H2,1-2H3,(H,25,26)/b15-14+. The van der Waals surface area contributed by atoms with Gasteiger partial charge in [0.15, 0.2) is 0 Å². The second-order valence-corrected chi connectivity index (χ2v) is 6.62. The summed E-state index contributed by atoms with van der Waals surface area (Å²) in [6.45, 7) is 3.06. The Balaban J connectivity index is 1.95. The molecule has 0 fully saturated rings. The van der Waals surface area contributed by atoms with Crippen LogP contribution in [-0.4, -0.2) is 29.2 Å². The highest BCUT2D eigenvalue weighted by atomic mass is 35.5. The lowest BCUT2D eigenvalue weighted by Crippen LogP contribution is -2.22. The van der Waals surface area contributed by atoms with Crippen LogP contribution < -0.4 is 4.90 Å². The molecule has 3 rings (SSSR count). The van der Waals surface area contributed by atoms with E-state index in [1.165, 1.54) is 0 Å². The summed E-state index contributed by atoms with van der Waals surface area (Å²) in [5.41, 5.74) is 3.16. The molecule has 4 nitrogen and oxygen atoms in total. The fraction of sp³-hybridized carbons (Fsp3) is 0.190. The van der Waals surface area contributed by atoms with Crippen molar-refractivity contribution in [3.05, 3.63) is 70.9 Å². The van der Waals surface area contributed by atoms with Gasteiger partial charge in [0, 0.05) is 47.9 Å². The van der Waals surface area contributed by atoms with Crippen LogP contribution in [0.4, 0.5) is 5.69 Å². The molecule has 0 aliphatic heterocycles. The quantitative estimate of drug-likeness (QED) is 0.628. The zero-order chi connectivity index (χ0) is 18.7. The van der Waals surface area contributed by atoms with Crippen LogP contribution in [0.15, 0.2) is 60.2 Å². The van der Waals surface area contributed by atoms with E-state index in [1.54, 1.807) is 13.0 Å². The van der Waals surface area contributed by atoms with Gasteiger partial charge < -0.3 is 14.6 Å². The number of para-hydroxylation sites is 2. The minimum atomic E-state index is -0.943. The Morgan fingerprint density at radius 3 is 2.50 bits per heavy atom. The third-order valence-corrected chi connectivity index (χ3v) is 4.91. The van der Waals surface area contributed by atoms with Crippen molar-refractivity contribution in [1.82, 2.24) is 4.57 Å². The molecule has 2 aromatic carbocycles. The molecule has 1 aromatic heterocycles. The van der Waals surface area contributed by atoms with Crippen LogP contribution in [0, 0.1) is 0 Å². The van der Waals surface area contributed by atoms with E-state index in [9.17, 15) is 9.90 Å². The predicted molar refractivity (Wildman–Crippen MR) is 108 cm³/mol. The van der Waals surface area contributed by atoms with Gasteiger partial charge in [0.1, 0.15) is 5.15 Å². The van der Waals surface area contributed by atoms with E-state index >= 15 is 0 Å². The van der Waals surface area contributed by atoms with E-state index in [-0.39, 0.29) is 5.57 Å². The molecule has 5 heteroatoms. The topological polar surface area (TPSA) is 45.5 Å². The van der Waals surface area contributed by atoms with Gasteiger partial charge in [-0.2, -0.15) is 0 Å². The minimum absolute atomic E-state index is 0.260. The molecule has 3 aromatic rings. The number of fused-ring (bicyclic) bond motifs is 1. The summed E-state index contributed by atoms with van der Waals surface area (Å²) in [6, 6.07) is 18.1. The van der Waals surface area contributed by atoms with E-state index in [0.29, 0.717) is 11.7 Å². The SMILES string of the molecule is C/C(=C\c1c(Cl)n(CCN(C)c2ccccc2)c2ccccc12)C(=O)O. The van der Waals surface area contributed by atoms with Gasteiger partial charge in [0.2, 0.25) is 0 Å². The maximum atomic E-state index is 11.2. The second-order valence-electron chi connectivity index (χ2n) is 6.26. The molecule has 1 N–H and O–H groups in total. The normalized spacial score (nSPS) is 11.7. The van der Waals surface area contributed by atoms with Gasteiger partial charge in [-0.05, 0) is 31.2 Å². The van der Waals surface area contributed by atoms with Gasteiger partial charge in [0.05, 0.1) is 0 Å². The van der Waals surface area contributed by atoms with Crippen molar-refractivity contribution in [1.29, 1.82) is 0 Å². The van der Waals surface area contributed by atoms with E-state index in [0.717, 1.165) is 28.7 Å². The first-order chi connectivity index (χ1) is 12.5. The summed E-state index contributed by atoms with van der Waals surface area (Å²) in [6.07, 6.45) is 1.64. The fourth-order valence-corrected chi connectivity index (χ4v) is 3.33. The average Bonchev–Trinajstić information content (AvgIpc) is 2.92. The molecule has 0 amide bonds. The first-order valence-electron chi connectivity index (χ1n) is 8.43. The minimum Gasteiger partial charge on any atom is -0.478 e. The first-order valence-corrected chi connectivity index (χ1v) is 8.81. The zero-order valence-corrected chi connectivity index (χ0v) is 15.6. The lowest BCUT2D eigenvalue weighted by Gasteiger charge is -2.20. The lowest BCUT2D eigenvalue weighted by molar-refractivity contribution is -0.132. The Kier molecular flexibility index (Phi) is 5.33. The average molecular weight is 369 g/mol. The number of anilines is 1. The number of aromatic nitrogens is 1. The summed E-state index contributed by atoms with van der Waals surface area (Å²) < 4.78 is 2.04. The number of carboxylic acid groups (broad SMARTS) is 1. The Bertz CT molecular complexity index is 961. The molecule has 0 radical (unpaired) electrons. The molecule has 1 heterocycles. The second kappa shape index (κ2) is 7.67. The lowest BCUT2D eigenvalue weighted by atomic mass is 10.1. The van der Waals surface area contributed by atoms with Crippen molar-refractivity contribution in [3.8, 4) is 0 Å². The predicted octanol–water partition coefficient (Wildman–Crippen LogP) is 4.92. The third-order valence-electron chi connectivity index (χ3n) is 4.50. The molecule has 0 aliphatic rings. The summed E-state index contributed by atoms with van der Waals surface area (Å²) in [4.78, 5) is 13.4. The molecule has 0 saturated carbocycles. The Morgan fingerprint density at radius 1 is 1.15 bits per heavy atom. The van der Waals surface area contributed by atoms with Gasteiger partial charge in [0.25, 0.3) is 0 Å². The number of carboxylic acids is 1. The molecular formula is C21H21ClN2O2. The fourth-order valence-electron chi connectivity index (χ4n) is 2.99. The number of hydrogen-bond acceptors (Lipinski definition) is 2. The monoisotopic (exact) mass is 368 g/mol. The van der Waals surface area contributed by atoms with Crippen molar-refractivity contribution in [2.45, 2.75) is 13.5 Å². The maximum absolute atomic E-state index is 11.2. The number of rotatable bonds is 6. The molecular weight excluding hydrogens is 348 g/mol. The largest absolute Gasteiger partial charge is 0.478 e. The zero-order valence-electron chi connectivity index (χ0n) is 14.8.